The molecule has 1 aliphatic heterocycles. The number of rotatable bonds is 4. The van der Waals surface area contributed by atoms with E-state index in [1.165, 1.54) is 6.07 Å². The molecule has 0 fully saturated rings. The van der Waals surface area contributed by atoms with E-state index in [2.05, 4.69) is 15.0 Å². The van der Waals surface area contributed by atoms with E-state index in [4.69, 9.17) is 0 Å². The number of nitrogens with zero attached hydrogens (tertiary/aromatic N) is 2. The standard InChI is InChI=1S/C20H16N4O3S2/c25-19-8-3-14-11-16(6-7-17(14)21-19)29(26,27)23-15-4-1-13(2-5-15)18-12-24-9-10-28-20(24)22-18/h1-2,4-7,9-12,23H,3,8H2,(H,21,25). The molecule has 2 N–H and O–H groups in total. The molecule has 0 saturated carbocycles. The van der Waals surface area contributed by atoms with Gasteiger partial charge in [0.2, 0.25) is 5.91 Å². The van der Waals surface area contributed by atoms with Crippen molar-refractivity contribution < 1.29 is 13.2 Å². The van der Waals surface area contributed by atoms with Crippen molar-refractivity contribution in [1.82, 2.24) is 9.38 Å². The molecule has 146 valence electrons. The second kappa shape index (κ2) is 6.71. The van der Waals surface area contributed by atoms with Crippen molar-refractivity contribution in [3.8, 4) is 11.3 Å². The number of fused-ring (bicyclic) bond motifs is 2. The van der Waals surface area contributed by atoms with Gasteiger partial charge in [-0.3, -0.25) is 13.9 Å². The molecule has 3 heterocycles. The Hall–Kier alpha value is -3.17. The van der Waals surface area contributed by atoms with Crippen LogP contribution < -0.4 is 10.0 Å². The highest BCUT2D eigenvalue weighted by Gasteiger charge is 2.20. The van der Waals surface area contributed by atoms with Crippen LogP contribution in [0.1, 0.15) is 12.0 Å². The Balaban J connectivity index is 1.38. The maximum atomic E-state index is 12.8. The molecule has 4 aromatic rings. The topological polar surface area (TPSA) is 92.6 Å². The molecular weight excluding hydrogens is 408 g/mol. The molecule has 2 aromatic heterocycles. The first-order valence-corrected chi connectivity index (χ1v) is 11.3. The quantitative estimate of drug-likeness (QED) is 0.522. The molecule has 0 atom stereocenters. The van der Waals surface area contributed by atoms with Crippen LogP contribution in [0.4, 0.5) is 11.4 Å². The average Bonchev–Trinajstić information content (AvgIpc) is 3.30. The minimum absolute atomic E-state index is 0.0520. The molecule has 0 unspecified atom stereocenters. The van der Waals surface area contributed by atoms with Crippen molar-refractivity contribution in [2.75, 3.05) is 10.0 Å². The Morgan fingerprint density at radius 2 is 1.93 bits per heavy atom. The van der Waals surface area contributed by atoms with Gasteiger partial charge in [-0.1, -0.05) is 12.1 Å². The highest BCUT2D eigenvalue weighted by molar-refractivity contribution is 7.92. The predicted molar refractivity (Wildman–Crippen MR) is 113 cm³/mol. The van der Waals surface area contributed by atoms with Gasteiger partial charge in [0.15, 0.2) is 4.96 Å². The second-order valence-electron chi connectivity index (χ2n) is 6.77. The second-order valence-corrected chi connectivity index (χ2v) is 9.32. The first-order valence-electron chi connectivity index (χ1n) is 8.96. The summed E-state index contributed by atoms with van der Waals surface area (Å²) in [5, 5.41) is 4.73. The molecule has 5 rings (SSSR count). The number of aromatic nitrogens is 2. The summed E-state index contributed by atoms with van der Waals surface area (Å²) in [5.74, 6) is -0.0520. The SMILES string of the molecule is O=C1CCc2cc(S(=O)(=O)Nc3ccc(-c4cn5ccsc5n4)cc3)ccc2N1. The summed E-state index contributed by atoms with van der Waals surface area (Å²) in [7, 11) is -3.73. The maximum absolute atomic E-state index is 12.8. The third-order valence-corrected chi connectivity index (χ3v) is 6.96. The van der Waals surface area contributed by atoms with Crippen molar-refractivity contribution >= 4 is 43.6 Å². The van der Waals surface area contributed by atoms with Crippen molar-refractivity contribution in [1.29, 1.82) is 0 Å². The molecule has 1 aliphatic rings. The zero-order chi connectivity index (χ0) is 20.0. The van der Waals surface area contributed by atoms with Crippen molar-refractivity contribution in [2.24, 2.45) is 0 Å². The number of hydrogen-bond donors (Lipinski definition) is 2. The van der Waals surface area contributed by atoms with E-state index >= 15 is 0 Å². The smallest absolute Gasteiger partial charge is 0.261 e. The number of aryl methyl sites for hydroxylation is 1. The van der Waals surface area contributed by atoms with Gasteiger partial charge >= 0.3 is 0 Å². The number of benzene rings is 2. The third-order valence-electron chi connectivity index (χ3n) is 4.81. The van der Waals surface area contributed by atoms with Crippen LogP contribution in [0, 0.1) is 0 Å². The van der Waals surface area contributed by atoms with Crippen LogP contribution in [0.15, 0.2) is 65.1 Å². The van der Waals surface area contributed by atoms with E-state index in [0.29, 0.717) is 24.2 Å². The van der Waals surface area contributed by atoms with E-state index < -0.39 is 10.0 Å². The summed E-state index contributed by atoms with van der Waals surface area (Å²) in [6, 6.07) is 11.9. The number of hydrogen-bond acceptors (Lipinski definition) is 5. The molecule has 0 saturated heterocycles. The molecule has 9 heteroatoms. The summed E-state index contributed by atoms with van der Waals surface area (Å²) in [4.78, 5) is 17.1. The highest BCUT2D eigenvalue weighted by atomic mass is 32.2. The maximum Gasteiger partial charge on any atom is 0.261 e. The lowest BCUT2D eigenvalue weighted by molar-refractivity contribution is -0.116. The molecular formula is C20H16N4O3S2. The molecule has 29 heavy (non-hydrogen) atoms. The number of carbonyl (C=O) groups excluding carboxylic acids is 1. The zero-order valence-corrected chi connectivity index (χ0v) is 16.8. The molecule has 0 aliphatic carbocycles. The fourth-order valence-electron chi connectivity index (χ4n) is 3.32. The number of anilines is 2. The van der Waals surface area contributed by atoms with Gasteiger partial charge in [0.25, 0.3) is 10.0 Å². The Morgan fingerprint density at radius 3 is 2.72 bits per heavy atom. The summed E-state index contributed by atoms with van der Waals surface area (Å²) in [6.45, 7) is 0. The summed E-state index contributed by atoms with van der Waals surface area (Å²) >= 11 is 1.56. The van der Waals surface area contributed by atoms with Gasteiger partial charge < -0.3 is 5.32 Å². The monoisotopic (exact) mass is 424 g/mol. The van der Waals surface area contributed by atoms with E-state index in [9.17, 15) is 13.2 Å². The molecule has 1 amide bonds. The molecule has 7 nitrogen and oxygen atoms in total. The number of carbonyl (C=O) groups is 1. The van der Waals surface area contributed by atoms with E-state index in [1.807, 2.05) is 34.3 Å². The van der Waals surface area contributed by atoms with Crippen LogP contribution in [-0.2, 0) is 21.2 Å². The van der Waals surface area contributed by atoms with Gasteiger partial charge in [0.05, 0.1) is 10.6 Å². The molecule has 0 radical (unpaired) electrons. The largest absolute Gasteiger partial charge is 0.326 e. The van der Waals surface area contributed by atoms with Gasteiger partial charge in [-0.15, -0.1) is 11.3 Å². The molecule has 0 bridgehead atoms. The average molecular weight is 425 g/mol. The Labute approximate surface area is 171 Å². The van der Waals surface area contributed by atoms with Gasteiger partial charge in [-0.05, 0) is 42.3 Å². The number of imidazole rings is 1. The number of thiazole rings is 1. The van der Waals surface area contributed by atoms with Crippen LogP contribution in [0.25, 0.3) is 16.2 Å². The van der Waals surface area contributed by atoms with Crippen LogP contribution in [0.3, 0.4) is 0 Å². The summed E-state index contributed by atoms with van der Waals surface area (Å²) in [6.07, 6.45) is 4.78. The first-order chi connectivity index (χ1) is 14.0. The van der Waals surface area contributed by atoms with E-state index in [-0.39, 0.29) is 10.8 Å². The van der Waals surface area contributed by atoms with Gasteiger partial charge in [-0.2, -0.15) is 0 Å². The van der Waals surface area contributed by atoms with E-state index in [0.717, 1.165) is 21.8 Å². The zero-order valence-electron chi connectivity index (χ0n) is 15.1. The Morgan fingerprint density at radius 1 is 1.10 bits per heavy atom. The minimum Gasteiger partial charge on any atom is -0.326 e. The van der Waals surface area contributed by atoms with Crippen molar-refractivity contribution in [3.05, 3.63) is 65.8 Å². The number of sulfonamides is 1. The lowest BCUT2D eigenvalue weighted by Crippen LogP contribution is -2.20. The minimum atomic E-state index is -3.73. The molecule has 0 spiro atoms. The highest BCUT2D eigenvalue weighted by Crippen LogP contribution is 2.27. The van der Waals surface area contributed by atoms with Crippen molar-refractivity contribution in [3.63, 3.8) is 0 Å². The Kier molecular flexibility index (Phi) is 4.14. The van der Waals surface area contributed by atoms with Crippen LogP contribution >= 0.6 is 11.3 Å². The first kappa shape index (κ1) is 17.9. The van der Waals surface area contributed by atoms with Gasteiger partial charge in [0.1, 0.15) is 0 Å². The lowest BCUT2D eigenvalue weighted by Gasteiger charge is -2.18. The number of nitrogens with one attached hydrogen (secondary N) is 2. The Bertz CT molecular complexity index is 1310. The fraction of sp³-hybridized carbons (Fsp3) is 0.100. The number of amides is 1. The van der Waals surface area contributed by atoms with Crippen molar-refractivity contribution in [2.45, 2.75) is 17.7 Å². The lowest BCUT2D eigenvalue weighted by atomic mass is 10.0. The third kappa shape index (κ3) is 3.39. The van der Waals surface area contributed by atoms with Crippen LogP contribution in [0.2, 0.25) is 0 Å². The van der Waals surface area contributed by atoms with Gasteiger partial charge in [-0.25, -0.2) is 13.4 Å². The predicted octanol–water partition coefficient (Wildman–Crippen LogP) is 3.75. The normalized spacial score (nSPS) is 13.9. The fourth-order valence-corrected chi connectivity index (χ4v) is 5.13. The van der Waals surface area contributed by atoms with E-state index in [1.54, 1.807) is 35.6 Å². The summed E-state index contributed by atoms with van der Waals surface area (Å²) < 4.78 is 30.1. The van der Waals surface area contributed by atoms with Gasteiger partial charge in [0, 0.05) is 41.1 Å². The molecule has 2 aromatic carbocycles. The summed E-state index contributed by atoms with van der Waals surface area (Å²) in [5.41, 5.74) is 3.71. The van der Waals surface area contributed by atoms with Crippen LogP contribution in [0.5, 0.6) is 0 Å². The van der Waals surface area contributed by atoms with Crippen LogP contribution in [-0.4, -0.2) is 23.7 Å².